The number of rotatable bonds is 6. The number of thioether (sulfide) groups is 1. The van der Waals surface area contributed by atoms with Crippen LogP contribution >= 0.6 is 11.8 Å². The van der Waals surface area contributed by atoms with E-state index in [-0.39, 0.29) is 23.2 Å². The van der Waals surface area contributed by atoms with Gasteiger partial charge in [-0.15, -0.1) is 11.8 Å². The number of aliphatic hydroxyl groups is 1. The second kappa shape index (κ2) is 5.36. The van der Waals surface area contributed by atoms with Gasteiger partial charge in [0.1, 0.15) is 5.60 Å². The molecule has 1 atom stereocenters. The molecule has 0 aliphatic carbocycles. The van der Waals surface area contributed by atoms with Crippen molar-refractivity contribution >= 4 is 23.5 Å². The Morgan fingerprint density at radius 2 is 1.93 bits per heavy atom. The molecule has 0 bridgehead atoms. The van der Waals surface area contributed by atoms with E-state index in [9.17, 15) is 14.7 Å². The van der Waals surface area contributed by atoms with Gasteiger partial charge in [-0.05, 0) is 13.8 Å². The molecule has 4 nitrogen and oxygen atoms in total. The number of aliphatic carboxylic acids is 1. The zero-order chi connectivity index (χ0) is 11.4. The Morgan fingerprint density at radius 3 is 2.29 bits per heavy atom. The highest BCUT2D eigenvalue weighted by atomic mass is 32.2. The summed E-state index contributed by atoms with van der Waals surface area (Å²) in [6, 6.07) is 0. The standard InChI is InChI=1S/C9H16O4S/c1-6(14-5-8(11)12)4-7(10)9(2,3)13/h6,13H,4-5H2,1-3H3,(H,11,12). The summed E-state index contributed by atoms with van der Waals surface area (Å²) in [5, 5.41) is 17.7. The second-order valence-electron chi connectivity index (χ2n) is 3.70. The lowest BCUT2D eigenvalue weighted by Crippen LogP contribution is -2.32. The minimum atomic E-state index is -1.32. The average molecular weight is 220 g/mol. The van der Waals surface area contributed by atoms with E-state index in [1.807, 2.05) is 0 Å². The van der Waals surface area contributed by atoms with E-state index < -0.39 is 11.6 Å². The summed E-state index contributed by atoms with van der Waals surface area (Å²) in [5.74, 6) is -1.17. The average Bonchev–Trinajstić information content (AvgIpc) is 1.99. The van der Waals surface area contributed by atoms with E-state index in [0.717, 1.165) is 0 Å². The first-order valence-electron chi connectivity index (χ1n) is 4.32. The lowest BCUT2D eigenvalue weighted by Gasteiger charge is -2.17. The molecule has 0 heterocycles. The highest BCUT2D eigenvalue weighted by Crippen LogP contribution is 2.17. The van der Waals surface area contributed by atoms with Crippen LogP contribution in [0.5, 0.6) is 0 Å². The maximum atomic E-state index is 11.3. The number of carboxylic acid groups (broad SMARTS) is 1. The van der Waals surface area contributed by atoms with E-state index in [1.165, 1.54) is 25.6 Å². The van der Waals surface area contributed by atoms with Crippen molar-refractivity contribution in [2.45, 2.75) is 38.0 Å². The van der Waals surface area contributed by atoms with Crippen molar-refractivity contribution in [3.05, 3.63) is 0 Å². The van der Waals surface area contributed by atoms with Gasteiger partial charge in [-0.25, -0.2) is 0 Å². The van der Waals surface area contributed by atoms with Gasteiger partial charge in [-0.2, -0.15) is 0 Å². The molecule has 0 aromatic rings. The Kier molecular flexibility index (Phi) is 5.15. The van der Waals surface area contributed by atoms with Gasteiger partial charge in [0.15, 0.2) is 5.78 Å². The topological polar surface area (TPSA) is 74.6 Å². The van der Waals surface area contributed by atoms with Crippen LogP contribution in [0, 0.1) is 0 Å². The first-order chi connectivity index (χ1) is 6.23. The highest BCUT2D eigenvalue weighted by molar-refractivity contribution is 8.00. The van der Waals surface area contributed by atoms with Gasteiger partial charge in [0.05, 0.1) is 5.75 Å². The Hall–Kier alpha value is -0.550. The number of carbonyl (C=O) groups excluding carboxylic acids is 1. The minimum absolute atomic E-state index is 0.0136. The molecule has 0 amide bonds. The number of carboxylic acids is 1. The van der Waals surface area contributed by atoms with Crippen molar-refractivity contribution in [1.82, 2.24) is 0 Å². The van der Waals surface area contributed by atoms with Crippen LogP contribution in [0.15, 0.2) is 0 Å². The van der Waals surface area contributed by atoms with E-state index in [4.69, 9.17) is 5.11 Å². The zero-order valence-corrected chi connectivity index (χ0v) is 9.43. The van der Waals surface area contributed by atoms with Crippen molar-refractivity contribution in [2.75, 3.05) is 5.75 Å². The number of carbonyl (C=O) groups is 2. The quantitative estimate of drug-likeness (QED) is 0.696. The molecule has 0 saturated heterocycles. The SMILES string of the molecule is CC(CC(=O)C(C)(C)O)SCC(=O)O. The van der Waals surface area contributed by atoms with Gasteiger partial charge in [0, 0.05) is 11.7 Å². The number of ketones is 1. The monoisotopic (exact) mass is 220 g/mol. The molecule has 82 valence electrons. The zero-order valence-electron chi connectivity index (χ0n) is 8.61. The van der Waals surface area contributed by atoms with Crippen LogP contribution in [0.25, 0.3) is 0 Å². The number of hydrogen-bond donors (Lipinski definition) is 2. The molecule has 2 N–H and O–H groups in total. The third-order valence-electron chi connectivity index (χ3n) is 1.65. The van der Waals surface area contributed by atoms with Crippen LogP contribution in [0.2, 0.25) is 0 Å². The fourth-order valence-electron chi connectivity index (χ4n) is 0.783. The lowest BCUT2D eigenvalue weighted by molar-refractivity contribution is -0.134. The lowest BCUT2D eigenvalue weighted by atomic mass is 10.0. The van der Waals surface area contributed by atoms with Crippen molar-refractivity contribution in [3.8, 4) is 0 Å². The predicted molar refractivity (Wildman–Crippen MR) is 55.5 cm³/mol. The molecule has 0 aromatic heterocycles. The van der Waals surface area contributed by atoms with Crippen molar-refractivity contribution in [1.29, 1.82) is 0 Å². The smallest absolute Gasteiger partial charge is 0.313 e. The molecule has 0 spiro atoms. The Labute approximate surface area is 87.7 Å². The van der Waals surface area contributed by atoms with Crippen LogP contribution in [-0.2, 0) is 9.59 Å². The summed E-state index contributed by atoms with van der Waals surface area (Å²) >= 11 is 1.20. The highest BCUT2D eigenvalue weighted by Gasteiger charge is 2.25. The van der Waals surface area contributed by atoms with Gasteiger partial charge in [-0.3, -0.25) is 9.59 Å². The van der Waals surface area contributed by atoms with Gasteiger partial charge in [0.25, 0.3) is 0 Å². The van der Waals surface area contributed by atoms with Gasteiger partial charge in [-0.1, -0.05) is 6.92 Å². The molecule has 14 heavy (non-hydrogen) atoms. The van der Waals surface area contributed by atoms with Crippen LogP contribution in [0.4, 0.5) is 0 Å². The second-order valence-corrected chi connectivity index (χ2v) is 5.13. The van der Waals surface area contributed by atoms with Crippen molar-refractivity contribution < 1.29 is 19.8 Å². The summed E-state index contributed by atoms with van der Waals surface area (Å²) in [6.07, 6.45) is 0.196. The molecule has 1 unspecified atom stereocenters. The number of hydrogen-bond acceptors (Lipinski definition) is 4. The molecule has 0 aliphatic rings. The summed E-state index contributed by atoms with van der Waals surface area (Å²) in [4.78, 5) is 21.5. The van der Waals surface area contributed by atoms with Crippen molar-refractivity contribution in [3.63, 3.8) is 0 Å². The molecule has 0 aromatic carbocycles. The normalized spacial score (nSPS) is 13.7. The third-order valence-corrected chi connectivity index (χ3v) is 2.80. The maximum absolute atomic E-state index is 11.3. The minimum Gasteiger partial charge on any atom is -0.481 e. The Balaban J connectivity index is 3.89. The summed E-state index contributed by atoms with van der Waals surface area (Å²) in [6.45, 7) is 4.64. The summed E-state index contributed by atoms with van der Waals surface area (Å²) in [5.41, 5.74) is -1.32. The molecule has 0 saturated carbocycles. The van der Waals surface area contributed by atoms with E-state index >= 15 is 0 Å². The first-order valence-corrected chi connectivity index (χ1v) is 5.37. The molecule has 0 radical (unpaired) electrons. The fraction of sp³-hybridized carbons (Fsp3) is 0.778. The fourth-order valence-corrected chi connectivity index (χ4v) is 1.48. The van der Waals surface area contributed by atoms with Crippen LogP contribution < -0.4 is 0 Å². The molecular weight excluding hydrogens is 204 g/mol. The van der Waals surface area contributed by atoms with E-state index in [0.29, 0.717) is 0 Å². The summed E-state index contributed by atoms with van der Waals surface area (Å²) in [7, 11) is 0. The van der Waals surface area contributed by atoms with Crippen LogP contribution in [-0.4, -0.2) is 38.6 Å². The molecular formula is C9H16O4S. The van der Waals surface area contributed by atoms with Gasteiger partial charge >= 0.3 is 5.97 Å². The molecule has 0 aliphatic heterocycles. The van der Waals surface area contributed by atoms with E-state index in [2.05, 4.69) is 0 Å². The molecule has 5 heteroatoms. The first kappa shape index (κ1) is 13.4. The third kappa shape index (κ3) is 5.99. The van der Waals surface area contributed by atoms with Crippen molar-refractivity contribution in [2.24, 2.45) is 0 Å². The maximum Gasteiger partial charge on any atom is 0.313 e. The summed E-state index contributed by atoms with van der Waals surface area (Å²) < 4.78 is 0. The van der Waals surface area contributed by atoms with Gasteiger partial charge < -0.3 is 10.2 Å². The molecule has 0 rings (SSSR count). The Bertz CT molecular complexity index is 219. The van der Waals surface area contributed by atoms with Crippen LogP contribution in [0.1, 0.15) is 27.2 Å². The molecule has 0 fully saturated rings. The van der Waals surface area contributed by atoms with Gasteiger partial charge in [0.2, 0.25) is 0 Å². The Morgan fingerprint density at radius 1 is 1.43 bits per heavy atom. The van der Waals surface area contributed by atoms with Crippen LogP contribution in [0.3, 0.4) is 0 Å². The predicted octanol–water partition coefficient (Wildman–Crippen LogP) is 0.923. The van der Waals surface area contributed by atoms with E-state index in [1.54, 1.807) is 6.92 Å². The largest absolute Gasteiger partial charge is 0.481 e. The number of Topliss-reactive ketones (excluding diaryl/α,β-unsaturated/α-hetero) is 1.